The number of nitrogens with two attached hydrogens (primary N) is 1. The molecule has 1 heterocycles. The van der Waals surface area contributed by atoms with Gasteiger partial charge in [-0.1, -0.05) is 35.5 Å². The average molecular weight is 289 g/mol. The number of hydrogen-bond donors (Lipinski definition) is 2. The lowest BCUT2D eigenvalue weighted by molar-refractivity contribution is 0.198. The molecule has 0 amide bonds. The molecule has 1 aliphatic heterocycles. The SMILES string of the molecule is NCCCCC(=NO)C1CCN(Cc2ccccc2)CC1. The van der Waals surface area contributed by atoms with Crippen molar-refractivity contribution in [3.63, 3.8) is 0 Å². The molecule has 21 heavy (non-hydrogen) atoms. The molecule has 0 unspecified atom stereocenters. The summed E-state index contributed by atoms with van der Waals surface area (Å²) in [4.78, 5) is 2.49. The highest BCUT2D eigenvalue weighted by atomic mass is 16.4. The minimum Gasteiger partial charge on any atom is -0.411 e. The molecule has 1 aromatic carbocycles. The Bertz CT molecular complexity index is 425. The van der Waals surface area contributed by atoms with E-state index in [2.05, 4.69) is 40.4 Å². The Labute approximate surface area is 127 Å². The lowest BCUT2D eigenvalue weighted by Crippen LogP contribution is -2.36. The fourth-order valence-electron chi connectivity index (χ4n) is 3.05. The van der Waals surface area contributed by atoms with Gasteiger partial charge in [0.15, 0.2) is 0 Å². The van der Waals surface area contributed by atoms with Crippen LogP contribution in [0.15, 0.2) is 35.5 Å². The van der Waals surface area contributed by atoms with Crippen molar-refractivity contribution in [1.82, 2.24) is 4.90 Å². The molecule has 3 N–H and O–H groups in total. The number of benzene rings is 1. The molecule has 4 nitrogen and oxygen atoms in total. The van der Waals surface area contributed by atoms with E-state index in [1.807, 2.05) is 0 Å². The third-order valence-corrected chi connectivity index (χ3v) is 4.32. The Morgan fingerprint density at radius 3 is 2.52 bits per heavy atom. The predicted octanol–water partition coefficient (Wildman–Crippen LogP) is 2.86. The minimum atomic E-state index is 0.444. The number of piperidine rings is 1. The first-order valence-corrected chi connectivity index (χ1v) is 8.00. The van der Waals surface area contributed by atoms with E-state index < -0.39 is 0 Å². The van der Waals surface area contributed by atoms with E-state index in [4.69, 9.17) is 5.73 Å². The van der Waals surface area contributed by atoms with Crippen molar-refractivity contribution < 1.29 is 5.21 Å². The van der Waals surface area contributed by atoms with Gasteiger partial charge in [-0.15, -0.1) is 0 Å². The number of unbranched alkanes of at least 4 members (excludes halogenated alkanes) is 1. The van der Waals surface area contributed by atoms with E-state index in [-0.39, 0.29) is 0 Å². The summed E-state index contributed by atoms with van der Waals surface area (Å²) in [5, 5.41) is 12.8. The van der Waals surface area contributed by atoms with Crippen LogP contribution >= 0.6 is 0 Å². The van der Waals surface area contributed by atoms with Crippen LogP contribution in [0.3, 0.4) is 0 Å². The smallest absolute Gasteiger partial charge is 0.0602 e. The van der Waals surface area contributed by atoms with Gasteiger partial charge in [-0.3, -0.25) is 4.90 Å². The average Bonchev–Trinajstić information content (AvgIpc) is 2.54. The molecule has 0 saturated carbocycles. The maximum Gasteiger partial charge on any atom is 0.0602 e. The van der Waals surface area contributed by atoms with Gasteiger partial charge in [0, 0.05) is 12.5 Å². The van der Waals surface area contributed by atoms with Crippen molar-refractivity contribution in [1.29, 1.82) is 0 Å². The molecule has 2 rings (SSSR count). The summed E-state index contributed by atoms with van der Waals surface area (Å²) in [5.41, 5.74) is 7.86. The Morgan fingerprint density at radius 2 is 1.90 bits per heavy atom. The Balaban J connectivity index is 1.77. The summed E-state index contributed by atoms with van der Waals surface area (Å²) in [5.74, 6) is 0.444. The van der Waals surface area contributed by atoms with Crippen LogP contribution in [-0.2, 0) is 6.54 Å². The van der Waals surface area contributed by atoms with Crippen molar-refractivity contribution in [2.75, 3.05) is 19.6 Å². The van der Waals surface area contributed by atoms with Crippen LogP contribution < -0.4 is 5.73 Å². The largest absolute Gasteiger partial charge is 0.411 e. The molecule has 1 fully saturated rings. The first-order chi connectivity index (χ1) is 10.3. The van der Waals surface area contributed by atoms with Gasteiger partial charge in [-0.2, -0.15) is 0 Å². The summed E-state index contributed by atoms with van der Waals surface area (Å²) in [6, 6.07) is 10.6. The molecule has 0 spiro atoms. The number of nitrogens with zero attached hydrogens (tertiary/aromatic N) is 2. The van der Waals surface area contributed by atoms with Crippen molar-refractivity contribution in [3.8, 4) is 0 Å². The maximum absolute atomic E-state index is 9.22. The number of hydrogen-bond acceptors (Lipinski definition) is 4. The molecule has 4 heteroatoms. The van der Waals surface area contributed by atoms with Crippen molar-refractivity contribution >= 4 is 5.71 Å². The van der Waals surface area contributed by atoms with Crippen molar-refractivity contribution in [2.24, 2.45) is 16.8 Å². The molecular formula is C17H27N3O. The predicted molar refractivity (Wildman–Crippen MR) is 86.6 cm³/mol. The van der Waals surface area contributed by atoms with Gasteiger partial charge < -0.3 is 10.9 Å². The molecule has 1 saturated heterocycles. The van der Waals surface area contributed by atoms with Gasteiger partial charge >= 0.3 is 0 Å². The van der Waals surface area contributed by atoms with Crippen LogP contribution in [0.2, 0.25) is 0 Å². The van der Waals surface area contributed by atoms with Crippen molar-refractivity contribution in [3.05, 3.63) is 35.9 Å². The highest BCUT2D eigenvalue weighted by Crippen LogP contribution is 2.22. The zero-order valence-corrected chi connectivity index (χ0v) is 12.7. The fourth-order valence-corrected chi connectivity index (χ4v) is 3.05. The molecule has 0 aromatic heterocycles. The summed E-state index contributed by atoms with van der Waals surface area (Å²) in [6.07, 6.45) is 5.10. The summed E-state index contributed by atoms with van der Waals surface area (Å²) >= 11 is 0. The van der Waals surface area contributed by atoms with Gasteiger partial charge in [0.25, 0.3) is 0 Å². The fraction of sp³-hybridized carbons (Fsp3) is 0.588. The molecule has 1 aliphatic rings. The maximum atomic E-state index is 9.22. The van der Waals surface area contributed by atoms with Gasteiger partial charge in [0.2, 0.25) is 0 Å². The molecule has 0 bridgehead atoms. The van der Waals surface area contributed by atoms with Crippen LogP contribution in [-0.4, -0.2) is 35.5 Å². The third kappa shape index (κ3) is 5.14. The zero-order valence-electron chi connectivity index (χ0n) is 12.7. The van der Waals surface area contributed by atoms with Crippen LogP contribution in [0.4, 0.5) is 0 Å². The highest BCUT2D eigenvalue weighted by Gasteiger charge is 2.23. The first kappa shape index (κ1) is 16.0. The van der Waals surface area contributed by atoms with E-state index >= 15 is 0 Å². The minimum absolute atomic E-state index is 0.444. The summed E-state index contributed by atoms with van der Waals surface area (Å²) in [6.45, 7) is 3.89. The molecule has 1 aromatic rings. The van der Waals surface area contributed by atoms with E-state index in [9.17, 15) is 5.21 Å². The van der Waals surface area contributed by atoms with Gasteiger partial charge in [-0.05, 0) is 57.3 Å². The van der Waals surface area contributed by atoms with Crippen LogP contribution in [0.5, 0.6) is 0 Å². The topological polar surface area (TPSA) is 61.9 Å². The van der Waals surface area contributed by atoms with Gasteiger partial charge in [0.05, 0.1) is 5.71 Å². The monoisotopic (exact) mass is 289 g/mol. The normalized spacial score (nSPS) is 18.0. The summed E-state index contributed by atoms with van der Waals surface area (Å²) in [7, 11) is 0. The third-order valence-electron chi connectivity index (χ3n) is 4.32. The second-order valence-electron chi connectivity index (χ2n) is 5.87. The van der Waals surface area contributed by atoms with Crippen LogP contribution in [0.25, 0.3) is 0 Å². The number of rotatable bonds is 7. The second-order valence-corrected chi connectivity index (χ2v) is 5.87. The van der Waals surface area contributed by atoms with Gasteiger partial charge in [-0.25, -0.2) is 0 Å². The first-order valence-electron chi connectivity index (χ1n) is 8.00. The zero-order chi connectivity index (χ0) is 14.9. The Morgan fingerprint density at radius 1 is 1.19 bits per heavy atom. The van der Waals surface area contributed by atoms with E-state index in [1.165, 1.54) is 5.56 Å². The van der Waals surface area contributed by atoms with Crippen LogP contribution in [0.1, 0.15) is 37.7 Å². The number of oxime groups is 1. The van der Waals surface area contributed by atoms with Gasteiger partial charge in [0.1, 0.15) is 0 Å². The second kappa shape index (κ2) is 8.80. The molecule has 0 aliphatic carbocycles. The van der Waals surface area contributed by atoms with E-state index in [0.717, 1.165) is 57.5 Å². The van der Waals surface area contributed by atoms with E-state index in [0.29, 0.717) is 12.5 Å². The lowest BCUT2D eigenvalue weighted by atomic mass is 9.89. The Kier molecular flexibility index (Phi) is 6.70. The molecule has 0 atom stereocenters. The van der Waals surface area contributed by atoms with Crippen molar-refractivity contribution in [2.45, 2.75) is 38.6 Å². The molecular weight excluding hydrogens is 262 g/mol. The lowest BCUT2D eigenvalue weighted by Gasteiger charge is -2.32. The highest BCUT2D eigenvalue weighted by molar-refractivity contribution is 5.86. The Hall–Kier alpha value is -1.39. The summed E-state index contributed by atoms with van der Waals surface area (Å²) < 4.78 is 0. The molecule has 116 valence electrons. The van der Waals surface area contributed by atoms with Crippen LogP contribution in [0, 0.1) is 5.92 Å². The van der Waals surface area contributed by atoms with E-state index in [1.54, 1.807) is 0 Å². The number of likely N-dealkylation sites (tertiary alicyclic amines) is 1. The standard InChI is InChI=1S/C17H27N3O/c18-11-5-4-8-17(19-21)16-9-12-20(13-10-16)14-15-6-2-1-3-7-15/h1-3,6-7,16,21H,4-5,8-14,18H2. The molecule has 0 radical (unpaired) electrons. The quantitative estimate of drug-likeness (QED) is 0.351.